The molecule has 1 aliphatic rings. The lowest BCUT2D eigenvalue weighted by atomic mass is 9.90. The van der Waals surface area contributed by atoms with Gasteiger partial charge in [0, 0.05) is 19.0 Å². The largest absolute Gasteiger partial charge is 0.331 e. The molecule has 1 heterocycles. The van der Waals surface area contributed by atoms with Gasteiger partial charge in [-0.3, -0.25) is 4.79 Å². The summed E-state index contributed by atoms with van der Waals surface area (Å²) in [5, 5.41) is 0. The predicted octanol–water partition coefficient (Wildman–Crippen LogP) is 2.72. The van der Waals surface area contributed by atoms with E-state index in [2.05, 4.69) is 43.0 Å². The van der Waals surface area contributed by atoms with Gasteiger partial charge in [0.15, 0.2) is 0 Å². The molecule has 1 aromatic carbocycles. The molecule has 0 aromatic heterocycles. The van der Waals surface area contributed by atoms with Crippen molar-refractivity contribution in [1.29, 1.82) is 0 Å². The van der Waals surface area contributed by atoms with Crippen LogP contribution in [0.4, 0.5) is 0 Å². The molecule has 1 aromatic rings. The number of carbonyl (C=O) groups is 1. The first-order valence-corrected chi connectivity index (χ1v) is 6.49. The van der Waals surface area contributed by atoms with E-state index in [4.69, 9.17) is 0 Å². The maximum absolute atomic E-state index is 11.8. The Morgan fingerprint density at radius 1 is 1.33 bits per heavy atom. The van der Waals surface area contributed by atoms with E-state index >= 15 is 0 Å². The highest BCUT2D eigenvalue weighted by Crippen LogP contribution is 2.26. The van der Waals surface area contributed by atoms with Crippen LogP contribution in [0.25, 0.3) is 0 Å². The first-order chi connectivity index (χ1) is 8.70. The van der Waals surface area contributed by atoms with Crippen molar-refractivity contribution in [2.45, 2.75) is 32.6 Å². The van der Waals surface area contributed by atoms with Gasteiger partial charge in [-0.1, -0.05) is 35.7 Å². The molecule has 0 aliphatic carbocycles. The van der Waals surface area contributed by atoms with E-state index < -0.39 is 0 Å². The topological polar surface area (TPSA) is 20.3 Å². The lowest BCUT2D eigenvalue weighted by Gasteiger charge is -2.31. The Morgan fingerprint density at radius 2 is 2.06 bits per heavy atom. The molecule has 2 nitrogen and oxygen atoms in total. The number of likely N-dealkylation sites (tertiary alicyclic amines) is 1. The molecular formula is C16H19NO. The van der Waals surface area contributed by atoms with Crippen molar-refractivity contribution in [3.63, 3.8) is 0 Å². The van der Waals surface area contributed by atoms with Gasteiger partial charge in [-0.25, -0.2) is 0 Å². The second-order valence-electron chi connectivity index (χ2n) is 4.88. The minimum atomic E-state index is -0.0330. The van der Waals surface area contributed by atoms with Gasteiger partial charge in [-0.05, 0) is 38.2 Å². The molecule has 0 N–H and O–H groups in total. The van der Waals surface area contributed by atoms with Crippen LogP contribution >= 0.6 is 0 Å². The van der Waals surface area contributed by atoms with Crippen LogP contribution in [0.5, 0.6) is 0 Å². The summed E-state index contributed by atoms with van der Waals surface area (Å²) in [6.45, 7) is 5.45. The van der Waals surface area contributed by atoms with Gasteiger partial charge >= 0.3 is 0 Å². The fourth-order valence-electron chi connectivity index (χ4n) is 2.46. The van der Waals surface area contributed by atoms with Crippen molar-refractivity contribution in [2.24, 2.45) is 0 Å². The second kappa shape index (κ2) is 5.73. The van der Waals surface area contributed by atoms with Crippen LogP contribution in [0, 0.1) is 18.8 Å². The zero-order chi connectivity index (χ0) is 13.0. The Morgan fingerprint density at radius 3 is 2.72 bits per heavy atom. The third-order valence-electron chi connectivity index (χ3n) is 3.49. The van der Waals surface area contributed by atoms with E-state index in [1.54, 1.807) is 6.92 Å². The van der Waals surface area contributed by atoms with Crippen molar-refractivity contribution < 1.29 is 4.79 Å². The molecule has 0 bridgehead atoms. The quantitative estimate of drug-likeness (QED) is 0.692. The summed E-state index contributed by atoms with van der Waals surface area (Å²) >= 11 is 0. The van der Waals surface area contributed by atoms with Crippen molar-refractivity contribution in [3.8, 4) is 11.8 Å². The third-order valence-corrected chi connectivity index (χ3v) is 3.49. The molecule has 2 heteroatoms. The van der Waals surface area contributed by atoms with Crippen LogP contribution in [-0.2, 0) is 4.79 Å². The number of amides is 1. The molecule has 2 rings (SSSR count). The van der Waals surface area contributed by atoms with Gasteiger partial charge in [0.05, 0.1) is 0 Å². The fraction of sp³-hybridized carbons (Fsp3) is 0.438. The smallest absolute Gasteiger partial charge is 0.298 e. The van der Waals surface area contributed by atoms with Crippen LogP contribution in [0.2, 0.25) is 0 Å². The Balaban J connectivity index is 2.08. The van der Waals surface area contributed by atoms with Gasteiger partial charge < -0.3 is 4.90 Å². The molecule has 0 saturated carbocycles. The highest BCUT2D eigenvalue weighted by Gasteiger charge is 2.23. The summed E-state index contributed by atoms with van der Waals surface area (Å²) in [5.41, 5.74) is 2.61. The number of nitrogens with zero attached hydrogens (tertiary/aromatic N) is 1. The molecule has 1 saturated heterocycles. The Kier molecular flexibility index (Phi) is 4.04. The van der Waals surface area contributed by atoms with Crippen LogP contribution < -0.4 is 0 Å². The van der Waals surface area contributed by atoms with Crippen molar-refractivity contribution in [2.75, 3.05) is 13.1 Å². The van der Waals surface area contributed by atoms with Crippen molar-refractivity contribution in [3.05, 3.63) is 35.4 Å². The molecule has 0 radical (unpaired) electrons. The maximum Gasteiger partial charge on any atom is 0.298 e. The number of hydrogen-bond acceptors (Lipinski definition) is 1. The van der Waals surface area contributed by atoms with Gasteiger partial charge in [0.25, 0.3) is 5.91 Å². The fourth-order valence-corrected chi connectivity index (χ4v) is 2.46. The summed E-state index contributed by atoms with van der Waals surface area (Å²) in [6.07, 6.45) is 2.22. The van der Waals surface area contributed by atoms with Crippen LogP contribution in [0.3, 0.4) is 0 Å². The summed E-state index contributed by atoms with van der Waals surface area (Å²) in [4.78, 5) is 13.7. The lowest BCUT2D eigenvalue weighted by Crippen LogP contribution is -2.38. The summed E-state index contributed by atoms with van der Waals surface area (Å²) < 4.78 is 0. The zero-order valence-electron chi connectivity index (χ0n) is 11.1. The monoisotopic (exact) mass is 241 g/mol. The SMILES string of the molecule is CC#CC(=O)N1CCC[C@@H](c2ccc(C)cc2)C1. The standard InChI is InChI=1S/C16H19NO/c1-3-5-16(18)17-11-4-6-15(12-17)14-9-7-13(2)8-10-14/h7-10,15H,4,6,11-12H2,1-2H3/t15-/m1/s1. The Hall–Kier alpha value is -1.75. The predicted molar refractivity (Wildman–Crippen MR) is 73.2 cm³/mol. The van der Waals surface area contributed by atoms with Crippen LogP contribution in [0.15, 0.2) is 24.3 Å². The summed E-state index contributed by atoms with van der Waals surface area (Å²) in [6, 6.07) is 8.64. The van der Waals surface area contributed by atoms with Gasteiger partial charge in [0.1, 0.15) is 0 Å². The molecule has 1 amide bonds. The van der Waals surface area contributed by atoms with E-state index in [9.17, 15) is 4.79 Å². The average Bonchev–Trinajstić information content (AvgIpc) is 2.40. The molecule has 1 atom stereocenters. The third kappa shape index (κ3) is 2.92. The number of rotatable bonds is 1. The number of hydrogen-bond donors (Lipinski definition) is 0. The van der Waals surface area contributed by atoms with E-state index in [0.29, 0.717) is 5.92 Å². The van der Waals surface area contributed by atoms with Crippen LogP contribution in [-0.4, -0.2) is 23.9 Å². The molecular weight excluding hydrogens is 222 g/mol. The second-order valence-corrected chi connectivity index (χ2v) is 4.88. The van der Waals surface area contributed by atoms with Gasteiger partial charge in [-0.2, -0.15) is 0 Å². The van der Waals surface area contributed by atoms with Gasteiger partial charge in [-0.15, -0.1) is 0 Å². The van der Waals surface area contributed by atoms with E-state index in [1.165, 1.54) is 11.1 Å². The van der Waals surface area contributed by atoms with Crippen LogP contribution in [0.1, 0.15) is 36.8 Å². The maximum atomic E-state index is 11.8. The molecule has 0 spiro atoms. The first-order valence-electron chi connectivity index (χ1n) is 6.49. The lowest BCUT2D eigenvalue weighted by molar-refractivity contribution is -0.126. The minimum Gasteiger partial charge on any atom is -0.331 e. The minimum absolute atomic E-state index is 0.0330. The summed E-state index contributed by atoms with van der Waals surface area (Å²) in [5.74, 6) is 5.75. The molecule has 0 unspecified atom stereocenters. The molecule has 1 aliphatic heterocycles. The zero-order valence-corrected chi connectivity index (χ0v) is 11.1. The van der Waals surface area contributed by atoms with E-state index in [-0.39, 0.29) is 5.91 Å². The highest BCUT2D eigenvalue weighted by atomic mass is 16.2. The van der Waals surface area contributed by atoms with Crippen molar-refractivity contribution >= 4 is 5.91 Å². The Bertz CT molecular complexity index is 478. The first kappa shape index (κ1) is 12.7. The summed E-state index contributed by atoms with van der Waals surface area (Å²) in [7, 11) is 0. The van der Waals surface area contributed by atoms with Crippen molar-refractivity contribution in [1.82, 2.24) is 4.90 Å². The van der Waals surface area contributed by atoms with E-state index in [0.717, 1.165) is 25.9 Å². The number of benzene rings is 1. The Labute approximate surface area is 109 Å². The van der Waals surface area contributed by atoms with E-state index in [1.807, 2.05) is 4.90 Å². The number of aryl methyl sites for hydroxylation is 1. The highest BCUT2D eigenvalue weighted by molar-refractivity contribution is 5.93. The number of piperidine rings is 1. The average molecular weight is 241 g/mol. The van der Waals surface area contributed by atoms with Gasteiger partial charge in [0.2, 0.25) is 0 Å². The number of carbonyl (C=O) groups excluding carboxylic acids is 1. The molecule has 1 fully saturated rings. The molecule has 94 valence electrons. The molecule has 18 heavy (non-hydrogen) atoms. The normalized spacial score (nSPS) is 19.0.